The molecule has 2 aliphatic heterocycles. The third-order valence-corrected chi connectivity index (χ3v) is 6.16. The molecule has 2 aromatic rings. The van der Waals surface area contributed by atoms with E-state index < -0.39 is 5.92 Å². The van der Waals surface area contributed by atoms with Crippen molar-refractivity contribution in [1.29, 1.82) is 5.26 Å². The van der Waals surface area contributed by atoms with Gasteiger partial charge in [-0.1, -0.05) is 11.6 Å². The quantitative estimate of drug-likeness (QED) is 0.707. The molecule has 0 bridgehead atoms. The molecule has 1 unspecified atom stereocenters. The van der Waals surface area contributed by atoms with Gasteiger partial charge in [-0.05, 0) is 36.8 Å². The van der Waals surface area contributed by atoms with E-state index in [1.807, 2.05) is 4.90 Å². The Kier molecular flexibility index (Phi) is 6.47. The first-order valence-electron chi connectivity index (χ1n) is 10.5. The van der Waals surface area contributed by atoms with Crippen LogP contribution in [0.1, 0.15) is 18.4 Å². The maximum Gasteiger partial charge on any atom is 0.228 e. The van der Waals surface area contributed by atoms with Crippen molar-refractivity contribution >= 4 is 34.9 Å². The van der Waals surface area contributed by atoms with Gasteiger partial charge in [0, 0.05) is 50.4 Å². The molecule has 4 rings (SSSR count). The maximum absolute atomic E-state index is 13.3. The van der Waals surface area contributed by atoms with Crippen molar-refractivity contribution in [3.8, 4) is 11.8 Å². The average molecular weight is 454 g/mol. The van der Waals surface area contributed by atoms with Gasteiger partial charge in [0.2, 0.25) is 11.8 Å². The molecule has 166 valence electrons. The minimum Gasteiger partial charge on any atom is -0.495 e. The highest BCUT2D eigenvalue weighted by Crippen LogP contribution is 2.35. The number of rotatable bonds is 4. The van der Waals surface area contributed by atoms with E-state index in [0.29, 0.717) is 60.6 Å². The van der Waals surface area contributed by atoms with Crippen LogP contribution in [0.5, 0.6) is 5.75 Å². The molecule has 2 amide bonds. The van der Waals surface area contributed by atoms with Gasteiger partial charge in [0.15, 0.2) is 0 Å². The lowest BCUT2D eigenvalue weighted by Gasteiger charge is -2.25. The lowest BCUT2D eigenvalue weighted by Crippen LogP contribution is -2.40. The Balaban J connectivity index is 1.45. The molecular formula is C23H24ClN5O3. The van der Waals surface area contributed by atoms with Crippen LogP contribution in [0.15, 0.2) is 36.5 Å². The van der Waals surface area contributed by atoms with Crippen LogP contribution >= 0.6 is 11.6 Å². The minimum absolute atomic E-state index is 0.0229. The number of amides is 2. The summed E-state index contributed by atoms with van der Waals surface area (Å²) in [5.74, 6) is 0.643. The predicted molar refractivity (Wildman–Crippen MR) is 121 cm³/mol. The molecule has 1 atom stereocenters. The van der Waals surface area contributed by atoms with E-state index in [2.05, 4.69) is 16.0 Å². The highest BCUT2D eigenvalue weighted by Gasteiger charge is 2.38. The number of methoxy groups -OCH3 is 1. The molecule has 1 aromatic carbocycles. The first-order valence-corrected chi connectivity index (χ1v) is 10.9. The van der Waals surface area contributed by atoms with E-state index in [-0.39, 0.29) is 18.2 Å². The number of aromatic nitrogens is 1. The highest BCUT2D eigenvalue weighted by atomic mass is 35.5. The Morgan fingerprint density at radius 1 is 1.25 bits per heavy atom. The fourth-order valence-corrected chi connectivity index (χ4v) is 4.49. The molecule has 3 heterocycles. The van der Waals surface area contributed by atoms with E-state index in [1.54, 1.807) is 41.4 Å². The number of halogens is 1. The Bertz CT molecular complexity index is 1070. The molecule has 2 aliphatic rings. The second kappa shape index (κ2) is 9.45. The monoisotopic (exact) mass is 453 g/mol. The van der Waals surface area contributed by atoms with Gasteiger partial charge < -0.3 is 19.4 Å². The first-order chi connectivity index (χ1) is 15.5. The molecule has 2 fully saturated rings. The van der Waals surface area contributed by atoms with Crippen LogP contribution < -0.4 is 14.5 Å². The summed E-state index contributed by atoms with van der Waals surface area (Å²) >= 11 is 6.13. The van der Waals surface area contributed by atoms with E-state index in [9.17, 15) is 14.9 Å². The molecule has 0 spiro atoms. The number of hydrogen-bond donors (Lipinski definition) is 0. The van der Waals surface area contributed by atoms with Gasteiger partial charge in [-0.2, -0.15) is 5.26 Å². The number of benzene rings is 1. The Labute approximate surface area is 191 Å². The topological polar surface area (TPSA) is 89.8 Å². The van der Waals surface area contributed by atoms with Crippen molar-refractivity contribution in [3.05, 3.63) is 47.1 Å². The van der Waals surface area contributed by atoms with Crippen LogP contribution in [0.3, 0.4) is 0 Å². The van der Waals surface area contributed by atoms with Gasteiger partial charge in [0.05, 0.1) is 24.3 Å². The standard InChI is InChI=1S/C23H24ClN5O3/c1-32-20-6-5-18(24)13-19(20)29-15-17(12-21(29)30)23(31)28-9-3-8-27(10-11-28)22-16(14-25)4-2-7-26-22/h2,4-7,13,17H,3,8-12,15H2,1H3. The van der Waals surface area contributed by atoms with E-state index in [4.69, 9.17) is 16.3 Å². The Morgan fingerprint density at radius 2 is 2.09 bits per heavy atom. The summed E-state index contributed by atoms with van der Waals surface area (Å²) in [6, 6.07) is 10.8. The van der Waals surface area contributed by atoms with Gasteiger partial charge >= 0.3 is 0 Å². The van der Waals surface area contributed by atoms with Crippen LogP contribution in [0.2, 0.25) is 5.02 Å². The minimum atomic E-state index is -0.415. The number of pyridine rings is 1. The van der Waals surface area contributed by atoms with Crippen molar-refractivity contribution in [1.82, 2.24) is 9.88 Å². The fourth-order valence-electron chi connectivity index (χ4n) is 4.32. The lowest BCUT2D eigenvalue weighted by atomic mass is 10.1. The molecule has 9 heteroatoms. The summed E-state index contributed by atoms with van der Waals surface area (Å²) in [6.45, 7) is 2.73. The van der Waals surface area contributed by atoms with Crippen molar-refractivity contribution in [3.63, 3.8) is 0 Å². The summed E-state index contributed by atoms with van der Waals surface area (Å²) in [5.41, 5.74) is 1.11. The second-order valence-corrected chi connectivity index (χ2v) is 8.31. The molecule has 2 saturated heterocycles. The molecular weight excluding hydrogens is 430 g/mol. The number of carbonyl (C=O) groups is 2. The van der Waals surface area contributed by atoms with Crippen molar-refractivity contribution in [2.75, 3.05) is 49.6 Å². The fraction of sp³-hybridized carbons (Fsp3) is 0.391. The first kappa shape index (κ1) is 21.9. The molecule has 0 saturated carbocycles. The second-order valence-electron chi connectivity index (χ2n) is 7.87. The van der Waals surface area contributed by atoms with Gasteiger partial charge in [-0.25, -0.2) is 4.98 Å². The molecule has 32 heavy (non-hydrogen) atoms. The number of anilines is 2. The molecule has 0 N–H and O–H groups in total. The van der Waals surface area contributed by atoms with Crippen LogP contribution in [-0.4, -0.2) is 61.5 Å². The van der Waals surface area contributed by atoms with Crippen molar-refractivity contribution in [2.45, 2.75) is 12.8 Å². The zero-order valence-electron chi connectivity index (χ0n) is 17.8. The average Bonchev–Trinajstić information content (AvgIpc) is 3.03. The largest absolute Gasteiger partial charge is 0.495 e. The summed E-state index contributed by atoms with van der Waals surface area (Å²) in [4.78, 5) is 35.8. The maximum atomic E-state index is 13.3. The Hall–Kier alpha value is -3.31. The van der Waals surface area contributed by atoms with Gasteiger partial charge in [-0.3, -0.25) is 9.59 Å². The summed E-state index contributed by atoms with van der Waals surface area (Å²) in [5, 5.41) is 9.87. The van der Waals surface area contributed by atoms with Gasteiger partial charge in [0.25, 0.3) is 0 Å². The summed E-state index contributed by atoms with van der Waals surface area (Å²) < 4.78 is 5.38. The Morgan fingerprint density at radius 3 is 2.88 bits per heavy atom. The molecule has 8 nitrogen and oxygen atoms in total. The molecule has 0 radical (unpaired) electrons. The van der Waals surface area contributed by atoms with E-state index in [1.165, 1.54) is 7.11 Å². The lowest BCUT2D eigenvalue weighted by molar-refractivity contribution is -0.135. The van der Waals surface area contributed by atoms with Crippen LogP contribution in [-0.2, 0) is 9.59 Å². The highest BCUT2D eigenvalue weighted by molar-refractivity contribution is 6.31. The summed E-state index contributed by atoms with van der Waals surface area (Å²) in [6.07, 6.45) is 2.60. The smallest absolute Gasteiger partial charge is 0.228 e. The SMILES string of the molecule is COc1ccc(Cl)cc1N1CC(C(=O)N2CCCN(c3ncccc3C#N)CC2)CC1=O. The van der Waals surface area contributed by atoms with Crippen molar-refractivity contribution < 1.29 is 14.3 Å². The van der Waals surface area contributed by atoms with Crippen LogP contribution in [0, 0.1) is 17.2 Å². The number of carbonyl (C=O) groups excluding carboxylic acids is 2. The number of ether oxygens (including phenoxy) is 1. The van der Waals surface area contributed by atoms with Gasteiger partial charge in [-0.15, -0.1) is 0 Å². The third kappa shape index (κ3) is 4.34. The molecule has 0 aliphatic carbocycles. The predicted octanol–water partition coefficient (Wildman–Crippen LogP) is 2.71. The number of hydrogen-bond acceptors (Lipinski definition) is 6. The number of nitriles is 1. The third-order valence-electron chi connectivity index (χ3n) is 5.92. The van der Waals surface area contributed by atoms with E-state index in [0.717, 1.165) is 6.42 Å². The van der Waals surface area contributed by atoms with Crippen molar-refractivity contribution in [2.24, 2.45) is 5.92 Å². The normalized spacial score (nSPS) is 19.0. The number of nitrogens with zero attached hydrogens (tertiary/aromatic N) is 5. The van der Waals surface area contributed by atoms with Gasteiger partial charge in [0.1, 0.15) is 17.6 Å². The van der Waals surface area contributed by atoms with Crippen LogP contribution in [0.25, 0.3) is 0 Å². The van der Waals surface area contributed by atoms with Crippen LogP contribution in [0.4, 0.5) is 11.5 Å². The molecule has 1 aromatic heterocycles. The zero-order chi connectivity index (χ0) is 22.7. The zero-order valence-corrected chi connectivity index (χ0v) is 18.6. The van der Waals surface area contributed by atoms with E-state index >= 15 is 0 Å². The summed E-state index contributed by atoms with van der Waals surface area (Å²) in [7, 11) is 1.54.